The maximum Gasteiger partial charge on any atom is 0.342 e. The molecule has 1 unspecified atom stereocenters. The van der Waals surface area contributed by atoms with Crippen LogP contribution >= 0.6 is 12.4 Å². The van der Waals surface area contributed by atoms with E-state index in [-0.39, 0.29) is 40.3 Å². The summed E-state index contributed by atoms with van der Waals surface area (Å²) in [7, 11) is -2.62. The molecule has 0 amide bonds. The molecule has 1 aliphatic rings. The fourth-order valence-electron chi connectivity index (χ4n) is 2.72. The minimum atomic E-state index is -3.83. The van der Waals surface area contributed by atoms with Crippen molar-refractivity contribution in [2.45, 2.75) is 31.6 Å². The third-order valence-corrected chi connectivity index (χ3v) is 5.40. The van der Waals surface area contributed by atoms with Gasteiger partial charge >= 0.3 is 5.97 Å². The highest BCUT2D eigenvalue weighted by molar-refractivity contribution is 7.89. The highest BCUT2D eigenvalue weighted by Crippen LogP contribution is 2.27. The number of furan rings is 1. The first kappa shape index (κ1) is 20.0. The van der Waals surface area contributed by atoms with Crippen LogP contribution in [0.4, 0.5) is 0 Å². The third-order valence-electron chi connectivity index (χ3n) is 3.82. The molecule has 1 fully saturated rings. The maximum absolute atomic E-state index is 12.6. The SMILES string of the molecule is COC(=O)c1c(C)oc(C)c1S(=O)(=O)NCC1CCCNC1.Cl. The second kappa shape index (κ2) is 8.14. The van der Waals surface area contributed by atoms with Crippen molar-refractivity contribution in [3.05, 3.63) is 17.1 Å². The van der Waals surface area contributed by atoms with Crippen LogP contribution in [0.3, 0.4) is 0 Å². The Kier molecular flexibility index (Phi) is 7.06. The molecule has 1 atom stereocenters. The van der Waals surface area contributed by atoms with Gasteiger partial charge in [-0.05, 0) is 45.7 Å². The average molecular weight is 367 g/mol. The Morgan fingerprint density at radius 3 is 2.65 bits per heavy atom. The molecule has 0 aliphatic carbocycles. The van der Waals surface area contributed by atoms with Crippen LogP contribution in [0.15, 0.2) is 9.31 Å². The lowest BCUT2D eigenvalue weighted by Crippen LogP contribution is -2.38. The number of nitrogens with one attached hydrogen (secondary N) is 2. The number of halogens is 1. The van der Waals surface area contributed by atoms with E-state index in [9.17, 15) is 13.2 Å². The number of piperidine rings is 1. The molecule has 0 bridgehead atoms. The Morgan fingerprint density at radius 1 is 1.39 bits per heavy atom. The smallest absolute Gasteiger partial charge is 0.342 e. The van der Waals surface area contributed by atoms with E-state index in [2.05, 4.69) is 14.8 Å². The van der Waals surface area contributed by atoms with Crippen molar-refractivity contribution in [3.8, 4) is 0 Å². The Balaban J connectivity index is 0.00000264. The van der Waals surface area contributed by atoms with E-state index in [0.717, 1.165) is 25.9 Å². The van der Waals surface area contributed by atoms with Gasteiger partial charge in [0, 0.05) is 6.54 Å². The summed E-state index contributed by atoms with van der Waals surface area (Å²) in [6, 6.07) is 0. The molecule has 1 aromatic heterocycles. The lowest BCUT2D eigenvalue weighted by molar-refractivity contribution is 0.0595. The summed E-state index contributed by atoms with van der Waals surface area (Å²) in [4.78, 5) is 11.7. The summed E-state index contributed by atoms with van der Waals surface area (Å²) in [6.45, 7) is 5.16. The molecule has 2 heterocycles. The second-order valence-electron chi connectivity index (χ2n) is 5.47. The largest absolute Gasteiger partial charge is 0.465 e. The molecule has 2 N–H and O–H groups in total. The number of carbonyl (C=O) groups is 1. The van der Waals surface area contributed by atoms with E-state index in [1.807, 2.05) is 0 Å². The number of aryl methyl sites for hydroxylation is 2. The van der Waals surface area contributed by atoms with E-state index in [1.54, 1.807) is 6.92 Å². The van der Waals surface area contributed by atoms with Gasteiger partial charge in [-0.2, -0.15) is 0 Å². The minimum Gasteiger partial charge on any atom is -0.465 e. The highest BCUT2D eigenvalue weighted by atomic mass is 35.5. The standard InChI is InChI=1S/C14H22N2O5S.ClH/c1-9-12(14(17)20-3)13(10(2)21-9)22(18,19)16-8-11-5-4-6-15-7-11;/h11,15-16H,4-8H2,1-3H3;1H. The lowest BCUT2D eigenvalue weighted by atomic mass is 10.0. The average Bonchev–Trinajstić information content (AvgIpc) is 2.81. The summed E-state index contributed by atoms with van der Waals surface area (Å²) in [5.41, 5.74) is -0.0331. The predicted molar refractivity (Wildman–Crippen MR) is 87.6 cm³/mol. The summed E-state index contributed by atoms with van der Waals surface area (Å²) in [5.74, 6) is -0.0382. The summed E-state index contributed by atoms with van der Waals surface area (Å²) in [5, 5.41) is 3.24. The first-order chi connectivity index (χ1) is 10.4. The molecular weight excluding hydrogens is 344 g/mol. The van der Waals surface area contributed by atoms with Crippen molar-refractivity contribution < 1.29 is 22.4 Å². The van der Waals surface area contributed by atoms with Gasteiger partial charge in [0.2, 0.25) is 10.0 Å². The number of esters is 1. The zero-order chi connectivity index (χ0) is 16.3. The van der Waals surface area contributed by atoms with Gasteiger partial charge < -0.3 is 14.5 Å². The molecule has 1 aliphatic heterocycles. The van der Waals surface area contributed by atoms with E-state index in [4.69, 9.17) is 4.42 Å². The molecule has 1 aromatic rings. The molecular formula is C14H23ClN2O5S. The van der Waals surface area contributed by atoms with E-state index in [1.165, 1.54) is 14.0 Å². The fourth-order valence-corrected chi connectivity index (χ4v) is 4.24. The van der Waals surface area contributed by atoms with Gasteiger partial charge in [0.15, 0.2) is 0 Å². The van der Waals surface area contributed by atoms with Crippen LogP contribution in [0.2, 0.25) is 0 Å². The molecule has 0 spiro atoms. The molecule has 0 aromatic carbocycles. The van der Waals surface area contributed by atoms with Crippen LogP contribution in [0.5, 0.6) is 0 Å². The molecule has 9 heteroatoms. The first-order valence-corrected chi connectivity index (χ1v) is 8.73. The fraction of sp³-hybridized carbons (Fsp3) is 0.643. The van der Waals surface area contributed by atoms with Crippen molar-refractivity contribution in [1.29, 1.82) is 0 Å². The van der Waals surface area contributed by atoms with Gasteiger partial charge in [0.05, 0.1) is 7.11 Å². The first-order valence-electron chi connectivity index (χ1n) is 7.25. The Morgan fingerprint density at radius 2 is 2.09 bits per heavy atom. The number of rotatable bonds is 5. The monoisotopic (exact) mass is 366 g/mol. The number of methoxy groups -OCH3 is 1. The topological polar surface area (TPSA) is 97.6 Å². The zero-order valence-corrected chi connectivity index (χ0v) is 15.1. The minimum absolute atomic E-state index is 0. The van der Waals surface area contributed by atoms with Crippen LogP contribution < -0.4 is 10.0 Å². The van der Waals surface area contributed by atoms with Crippen molar-refractivity contribution in [2.24, 2.45) is 5.92 Å². The number of sulfonamides is 1. The second-order valence-corrected chi connectivity index (χ2v) is 7.18. The number of hydrogen-bond donors (Lipinski definition) is 2. The number of ether oxygens (including phenoxy) is 1. The number of carbonyl (C=O) groups excluding carboxylic acids is 1. The van der Waals surface area contributed by atoms with Crippen molar-refractivity contribution in [1.82, 2.24) is 10.0 Å². The van der Waals surface area contributed by atoms with Gasteiger partial charge in [-0.1, -0.05) is 0 Å². The van der Waals surface area contributed by atoms with Crippen LogP contribution in [-0.4, -0.2) is 41.1 Å². The van der Waals surface area contributed by atoms with Gasteiger partial charge in [-0.15, -0.1) is 12.4 Å². The van der Waals surface area contributed by atoms with Gasteiger partial charge in [0.25, 0.3) is 0 Å². The van der Waals surface area contributed by atoms with E-state index in [0.29, 0.717) is 6.54 Å². The molecule has 132 valence electrons. The normalized spacial score (nSPS) is 18.3. The van der Waals surface area contributed by atoms with Crippen LogP contribution in [0, 0.1) is 19.8 Å². The molecule has 0 radical (unpaired) electrons. The van der Waals surface area contributed by atoms with Gasteiger partial charge in [-0.3, -0.25) is 0 Å². The van der Waals surface area contributed by atoms with E-state index >= 15 is 0 Å². The van der Waals surface area contributed by atoms with Crippen molar-refractivity contribution in [3.63, 3.8) is 0 Å². The molecule has 23 heavy (non-hydrogen) atoms. The van der Waals surface area contributed by atoms with Crippen LogP contribution in [0.25, 0.3) is 0 Å². The maximum atomic E-state index is 12.6. The molecule has 1 saturated heterocycles. The quantitative estimate of drug-likeness (QED) is 0.764. The predicted octanol–water partition coefficient (Wildman–Crippen LogP) is 1.38. The summed E-state index contributed by atoms with van der Waals surface area (Å²) in [6.07, 6.45) is 2.01. The van der Waals surface area contributed by atoms with E-state index < -0.39 is 16.0 Å². The van der Waals surface area contributed by atoms with Crippen LogP contribution in [-0.2, 0) is 14.8 Å². The summed E-state index contributed by atoms with van der Waals surface area (Å²) < 4.78 is 37.7. The Hall–Kier alpha value is -1.09. The molecule has 7 nitrogen and oxygen atoms in total. The summed E-state index contributed by atoms with van der Waals surface area (Å²) >= 11 is 0. The molecule has 0 saturated carbocycles. The van der Waals surface area contributed by atoms with Crippen LogP contribution in [0.1, 0.15) is 34.7 Å². The highest BCUT2D eigenvalue weighted by Gasteiger charge is 2.31. The Bertz CT molecular complexity index is 650. The van der Waals surface area contributed by atoms with Crippen molar-refractivity contribution in [2.75, 3.05) is 26.7 Å². The van der Waals surface area contributed by atoms with Crippen molar-refractivity contribution >= 4 is 28.4 Å². The third kappa shape index (κ3) is 4.47. The van der Waals surface area contributed by atoms with Gasteiger partial charge in [0.1, 0.15) is 22.0 Å². The zero-order valence-electron chi connectivity index (χ0n) is 13.5. The Labute approximate surface area is 142 Å². The number of hydrogen-bond acceptors (Lipinski definition) is 6. The lowest BCUT2D eigenvalue weighted by Gasteiger charge is -2.22. The van der Waals surface area contributed by atoms with Gasteiger partial charge in [-0.25, -0.2) is 17.9 Å². The molecule has 2 rings (SSSR count).